The average Bonchev–Trinajstić information content (AvgIpc) is 3.03. The van der Waals surface area contributed by atoms with E-state index in [1.165, 1.54) is 38.5 Å². The monoisotopic (exact) mass is 325 g/mol. The molecule has 1 atom stereocenters. The third kappa shape index (κ3) is 5.91. The number of rotatable bonds is 9. The van der Waals surface area contributed by atoms with Crippen molar-refractivity contribution in [3.63, 3.8) is 0 Å². The van der Waals surface area contributed by atoms with Crippen molar-refractivity contribution in [3.05, 3.63) is 11.7 Å². The molecule has 0 saturated heterocycles. The Labute approximate surface area is 136 Å². The second-order valence-electron chi connectivity index (χ2n) is 6.35. The van der Waals surface area contributed by atoms with Crippen LogP contribution in [0.25, 0.3) is 0 Å². The number of methoxy groups -OCH3 is 1. The molecule has 1 unspecified atom stereocenters. The Morgan fingerprint density at radius 1 is 1.43 bits per heavy atom. The SMILES string of the molecule is COCc1noc(C(CCCC2CCCCC2)CC(=O)NO)n1. The molecule has 130 valence electrons. The molecule has 1 heterocycles. The standard InChI is InChI=1S/C16H27N3O4/c1-22-11-14-17-16(23-19-14)13(10-15(20)18-21)9-5-8-12-6-3-2-4-7-12/h12-13,21H,2-11H2,1H3,(H,18,20). The van der Waals surface area contributed by atoms with Gasteiger partial charge in [0.2, 0.25) is 11.8 Å². The largest absolute Gasteiger partial charge is 0.377 e. The summed E-state index contributed by atoms with van der Waals surface area (Å²) in [5, 5.41) is 12.6. The first-order valence-electron chi connectivity index (χ1n) is 8.47. The molecule has 1 aliphatic carbocycles. The van der Waals surface area contributed by atoms with Crippen LogP contribution in [-0.4, -0.2) is 28.4 Å². The van der Waals surface area contributed by atoms with Crippen molar-refractivity contribution >= 4 is 5.91 Å². The van der Waals surface area contributed by atoms with Gasteiger partial charge in [0.25, 0.3) is 0 Å². The Morgan fingerprint density at radius 3 is 2.91 bits per heavy atom. The summed E-state index contributed by atoms with van der Waals surface area (Å²) in [5.74, 6) is 1.14. The van der Waals surface area contributed by atoms with Crippen LogP contribution in [0.5, 0.6) is 0 Å². The van der Waals surface area contributed by atoms with Gasteiger partial charge >= 0.3 is 0 Å². The first kappa shape index (κ1) is 17.9. The topological polar surface area (TPSA) is 97.5 Å². The van der Waals surface area contributed by atoms with E-state index in [4.69, 9.17) is 14.5 Å². The molecule has 0 radical (unpaired) electrons. The van der Waals surface area contributed by atoms with Crippen LogP contribution >= 0.6 is 0 Å². The van der Waals surface area contributed by atoms with E-state index in [9.17, 15) is 4.79 Å². The summed E-state index contributed by atoms with van der Waals surface area (Å²) in [5.41, 5.74) is 1.68. The molecule has 0 aromatic carbocycles. The Hall–Kier alpha value is -1.47. The zero-order valence-corrected chi connectivity index (χ0v) is 13.8. The van der Waals surface area contributed by atoms with Crippen LogP contribution in [0.3, 0.4) is 0 Å². The van der Waals surface area contributed by atoms with E-state index >= 15 is 0 Å². The van der Waals surface area contributed by atoms with Gasteiger partial charge in [-0.05, 0) is 12.3 Å². The maximum Gasteiger partial charge on any atom is 0.244 e. The summed E-state index contributed by atoms with van der Waals surface area (Å²) in [6.45, 7) is 0.282. The minimum atomic E-state index is -0.431. The third-order valence-corrected chi connectivity index (χ3v) is 4.55. The van der Waals surface area contributed by atoms with Gasteiger partial charge in [0, 0.05) is 19.4 Å². The van der Waals surface area contributed by atoms with E-state index < -0.39 is 5.91 Å². The van der Waals surface area contributed by atoms with Crippen LogP contribution in [-0.2, 0) is 16.1 Å². The van der Waals surface area contributed by atoms with Crippen LogP contribution in [0.1, 0.15) is 75.4 Å². The highest BCUT2D eigenvalue weighted by Gasteiger charge is 2.23. The summed E-state index contributed by atoms with van der Waals surface area (Å²) in [6.07, 6.45) is 9.83. The van der Waals surface area contributed by atoms with Gasteiger partial charge in [-0.15, -0.1) is 0 Å². The molecule has 1 saturated carbocycles. The van der Waals surface area contributed by atoms with Gasteiger partial charge < -0.3 is 9.26 Å². The molecule has 2 N–H and O–H groups in total. The fourth-order valence-electron chi connectivity index (χ4n) is 3.33. The van der Waals surface area contributed by atoms with E-state index in [0.717, 1.165) is 18.8 Å². The molecular weight excluding hydrogens is 298 g/mol. The Kier molecular flexibility index (Phi) is 7.48. The number of hydrogen-bond donors (Lipinski definition) is 2. The zero-order chi connectivity index (χ0) is 16.5. The molecule has 2 rings (SSSR count). The lowest BCUT2D eigenvalue weighted by Crippen LogP contribution is -2.21. The molecule has 7 heteroatoms. The summed E-state index contributed by atoms with van der Waals surface area (Å²) in [6, 6.07) is 0. The maximum atomic E-state index is 11.5. The number of nitrogens with zero attached hydrogens (tertiary/aromatic N) is 2. The molecule has 1 aliphatic rings. The van der Waals surface area contributed by atoms with Crippen molar-refractivity contribution in [1.29, 1.82) is 0 Å². The van der Waals surface area contributed by atoms with Gasteiger partial charge in [0.15, 0.2) is 5.82 Å². The van der Waals surface area contributed by atoms with E-state index in [1.54, 1.807) is 12.6 Å². The highest BCUT2D eigenvalue weighted by molar-refractivity contribution is 5.75. The summed E-state index contributed by atoms with van der Waals surface area (Å²) < 4.78 is 10.2. The molecule has 1 aromatic rings. The minimum Gasteiger partial charge on any atom is -0.377 e. The fourth-order valence-corrected chi connectivity index (χ4v) is 3.33. The Morgan fingerprint density at radius 2 is 2.22 bits per heavy atom. The molecule has 1 fully saturated rings. The van der Waals surface area contributed by atoms with Gasteiger partial charge in [0.05, 0.1) is 0 Å². The van der Waals surface area contributed by atoms with Gasteiger partial charge in [-0.25, -0.2) is 5.48 Å². The number of aromatic nitrogens is 2. The van der Waals surface area contributed by atoms with Gasteiger partial charge in [0.1, 0.15) is 6.61 Å². The third-order valence-electron chi connectivity index (χ3n) is 4.55. The average molecular weight is 325 g/mol. The van der Waals surface area contributed by atoms with Crippen molar-refractivity contribution in [2.75, 3.05) is 7.11 Å². The zero-order valence-electron chi connectivity index (χ0n) is 13.8. The Balaban J connectivity index is 1.88. The number of carbonyl (C=O) groups is 1. The van der Waals surface area contributed by atoms with Crippen molar-refractivity contribution in [2.45, 2.75) is 70.3 Å². The second kappa shape index (κ2) is 9.62. The van der Waals surface area contributed by atoms with Crippen LogP contribution in [0.15, 0.2) is 4.52 Å². The maximum absolute atomic E-state index is 11.5. The number of amides is 1. The van der Waals surface area contributed by atoms with Gasteiger partial charge in [-0.2, -0.15) is 4.98 Å². The normalized spacial score (nSPS) is 17.1. The smallest absolute Gasteiger partial charge is 0.244 e. The van der Waals surface area contributed by atoms with Crippen molar-refractivity contribution in [2.24, 2.45) is 5.92 Å². The van der Waals surface area contributed by atoms with Crippen LogP contribution < -0.4 is 5.48 Å². The molecule has 0 aliphatic heterocycles. The lowest BCUT2D eigenvalue weighted by Gasteiger charge is -2.22. The molecule has 23 heavy (non-hydrogen) atoms. The van der Waals surface area contributed by atoms with E-state index in [0.29, 0.717) is 11.7 Å². The first-order chi connectivity index (χ1) is 11.2. The number of hydroxylamine groups is 1. The highest BCUT2D eigenvalue weighted by atomic mass is 16.5. The first-order valence-corrected chi connectivity index (χ1v) is 8.47. The summed E-state index contributed by atoms with van der Waals surface area (Å²) in [7, 11) is 1.57. The Bertz CT molecular complexity index is 472. The van der Waals surface area contributed by atoms with Gasteiger partial charge in [-0.3, -0.25) is 10.0 Å². The predicted molar refractivity (Wildman–Crippen MR) is 82.7 cm³/mol. The molecule has 0 bridgehead atoms. The van der Waals surface area contributed by atoms with E-state index in [1.807, 2.05) is 0 Å². The van der Waals surface area contributed by atoms with Crippen LogP contribution in [0.2, 0.25) is 0 Å². The fraction of sp³-hybridized carbons (Fsp3) is 0.812. The van der Waals surface area contributed by atoms with E-state index in [-0.39, 0.29) is 18.9 Å². The summed E-state index contributed by atoms with van der Waals surface area (Å²) in [4.78, 5) is 15.8. The predicted octanol–water partition coefficient (Wildman–Crippen LogP) is 2.95. The molecule has 1 amide bonds. The van der Waals surface area contributed by atoms with Crippen molar-refractivity contribution < 1.29 is 19.3 Å². The molecular formula is C16H27N3O4. The van der Waals surface area contributed by atoms with Crippen LogP contribution in [0, 0.1) is 5.92 Å². The van der Waals surface area contributed by atoms with Crippen molar-refractivity contribution in [1.82, 2.24) is 15.6 Å². The van der Waals surface area contributed by atoms with E-state index in [2.05, 4.69) is 10.1 Å². The highest BCUT2D eigenvalue weighted by Crippen LogP contribution is 2.31. The number of carbonyl (C=O) groups excluding carboxylic acids is 1. The minimum absolute atomic E-state index is 0.149. The van der Waals surface area contributed by atoms with Crippen molar-refractivity contribution in [3.8, 4) is 0 Å². The molecule has 1 aromatic heterocycles. The molecule has 7 nitrogen and oxygen atoms in total. The number of ether oxygens (including phenoxy) is 1. The lowest BCUT2D eigenvalue weighted by molar-refractivity contribution is -0.129. The summed E-state index contributed by atoms with van der Waals surface area (Å²) >= 11 is 0. The number of nitrogens with one attached hydrogen (secondary N) is 1. The lowest BCUT2D eigenvalue weighted by atomic mass is 9.84. The van der Waals surface area contributed by atoms with Gasteiger partial charge in [-0.1, -0.05) is 50.1 Å². The molecule has 0 spiro atoms. The number of hydrogen-bond acceptors (Lipinski definition) is 6. The van der Waals surface area contributed by atoms with Crippen LogP contribution in [0.4, 0.5) is 0 Å². The quantitative estimate of drug-likeness (QED) is 0.535. The second-order valence-corrected chi connectivity index (χ2v) is 6.35.